The van der Waals surface area contributed by atoms with Gasteiger partial charge in [0.2, 0.25) is 0 Å². The fourth-order valence-corrected chi connectivity index (χ4v) is 7.91. The van der Waals surface area contributed by atoms with Gasteiger partial charge in [0.1, 0.15) is 0 Å². The van der Waals surface area contributed by atoms with Crippen LogP contribution in [0.25, 0.3) is 54.8 Å². The molecule has 234 valence electrons. The second kappa shape index (κ2) is 12.0. The van der Waals surface area contributed by atoms with Gasteiger partial charge in [-0.15, -0.1) is 0 Å². The van der Waals surface area contributed by atoms with Crippen LogP contribution in [0.2, 0.25) is 0 Å². The standard InChI is InChI=1S/C48H37N/c1-48(39-25-26-44-42-23-9-8-21-40(42)41-22-10-11-24-43(41)45(44)31-39)27-13-20-37(32-48)35-18-12-19-36(28-35)38-29-46(33-14-4-2-5-15-33)49-47(30-38)34-16-6-3-7-17-34/h2-18,20-26,28-32,36H,19,27H2,1H3. The molecule has 2 aliphatic rings. The van der Waals surface area contributed by atoms with Gasteiger partial charge in [-0.2, -0.15) is 0 Å². The summed E-state index contributed by atoms with van der Waals surface area (Å²) in [4.78, 5) is 5.13. The summed E-state index contributed by atoms with van der Waals surface area (Å²) in [6.45, 7) is 2.40. The number of hydrogen-bond acceptors (Lipinski definition) is 1. The Hall–Kier alpha value is -5.79. The van der Waals surface area contributed by atoms with Crippen molar-refractivity contribution in [1.82, 2.24) is 4.98 Å². The Morgan fingerprint density at radius 3 is 1.67 bits per heavy atom. The van der Waals surface area contributed by atoms with Crippen molar-refractivity contribution in [3.63, 3.8) is 0 Å². The largest absolute Gasteiger partial charge is 0.248 e. The van der Waals surface area contributed by atoms with Crippen molar-refractivity contribution in [2.24, 2.45) is 0 Å². The molecule has 1 aromatic heterocycles. The van der Waals surface area contributed by atoms with Gasteiger partial charge >= 0.3 is 0 Å². The highest BCUT2D eigenvalue weighted by molar-refractivity contribution is 6.25. The predicted octanol–water partition coefficient (Wildman–Crippen LogP) is 12.7. The van der Waals surface area contributed by atoms with Crippen LogP contribution >= 0.6 is 0 Å². The maximum atomic E-state index is 5.13. The molecule has 0 spiro atoms. The molecule has 6 aromatic carbocycles. The number of benzene rings is 6. The van der Waals surface area contributed by atoms with Crippen LogP contribution in [-0.2, 0) is 5.41 Å². The molecule has 0 saturated heterocycles. The van der Waals surface area contributed by atoms with Crippen LogP contribution in [-0.4, -0.2) is 4.98 Å². The topological polar surface area (TPSA) is 12.9 Å². The lowest BCUT2D eigenvalue weighted by molar-refractivity contribution is 0.596. The molecule has 2 unspecified atom stereocenters. The fourth-order valence-electron chi connectivity index (χ4n) is 7.91. The third-order valence-corrected chi connectivity index (χ3v) is 10.5. The van der Waals surface area contributed by atoms with E-state index in [9.17, 15) is 0 Å². The van der Waals surface area contributed by atoms with Gasteiger partial charge < -0.3 is 0 Å². The van der Waals surface area contributed by atoms with Gasteiger partial charge in [-0.1, -0.05) is 165 Å². The van der Waals surface area contributed by atoms with E-state index in [1.807, 2.05) is 0 Å². The fraction of sp³-hybridized carbons (Fsp3) is 0.104. The highest BCUT2D eigenvalue weighted by atomic mass is 14.7. The van der Waals surface area contributed by atoms with Gasteiger partial charge in [0.25, 0.3) is 0 Å². The lowest BCUT2D eigenvalue weighted by atomic mass is 9.73. The van der Waals surface area contributed by atoms with Gasteiger partial charge in [-0.25, -0.2) is 4.98 Å². The smallest absolute Gasteiger partial charge is 0.0712 e. The van der Waals surface area contributed by atoms with Crippen molar-refractivity contribution in [3.8, 4) is 22.5 Å². The van der Waals surface area contributed by atoms with E-state index in [0.717, 1.165) is 35.4 Å². The van der Waals surface area contributed by atoms with Crippen LogP contribution in [0.3, 0.4) is 0 Å². The molecule has 1 heteroatoms. The molecular weight excluding hydrogens is 591 g/mol. The van der Waals surface area contributed by atoms with Crippen molar-refractivity contribution in [3.05, 3.63) is 198 Å². The molecule has 0 amide bonds. The number of nitrogens with zero attached hydrogens (tertiary/aromatic N) is 1. The Morgan fingerprint density at radius 2 is 1.06 bits per heavy atom. The van der Waals surface area contributed by atoms with Crippen molar-refractivity contribution in [2.75, 3.05) is 0 Å². The summed E-state index contributed by atoms with van der Waals surface area (Å²) in [6, 6.07) is 50.5. The van der Waals surface area contributed by atoms with E-state index in [2.05, 4.69) is 183 Å². The summed E-state index contributed by atoms with van der Waals surface area (Å²) in [6.07, 6.45) is 16.3. The molecule has 2 aliphatic carbocycles. The first kappa shape index (κ1) is 29.4. The van der Waals surface area contributed by atoms with Crippen LogP contribution in [0.15, 0.2) is 187 Å². The third-order valence-electron chi connectivity index (χ3n) is 10.5. The summed E-state index contributed by atoms with van der Waals surface area (Å²) >= 11 is 0. The van der Waals surface area contributed by atoms with E-state index in [4.69, 9.17) is 4.98 Å². The molecule has 0 bridgehead atoms. The first-order valence-electron chi connectivity index (χ1n) is 17.4. The average Bonchev–Trinajstić information content (AvgIpc) is 3.18. The van der Waals surface area contributed by atoms with E-state index >= 15 is 0 Å². The Bertz CT molecular complexity index is 2400. The number of hydrogen-bond donors (Lipinski definition) is 0. The number of aromatic nitrogens is 1. The number of allylic oxidation sites excluding steroid dienone is 8. The van der Waals surface area contributed by atoms with Gasteiger partial charge in [0.15, 0.2) is 0 Å². The lowest BCUT2D eigenvalue weighted by Crippen LogP contribution is -2.21. The number of fused-ring (bicyclic) bond motifs is 6. The van der Waals surface area contributed by atoms with Crippen LogP contribution in [0.4, 0.5) is 0 Å². The monoisotopic (exact) mass is 627 g/mol. The zero-order valence-electron chi connectivity index (χ0n) is 27.7. The minimum absolute atomic E-state index is 0.121. The molecule has 0 fully saturated rings. The van der Waals surface area contributed by atoms with Gasteiger partial charge in [0.05, 0.1) is 11.4 Å². The van der Waals surface area contributed by atoms with E-state index < -0.39 is 0 Å². The Labute approximate surface area is 288 Å². The van der Waals surface area contributed by atoms with E-state index in [-0.39, 0.29) is 11.3 Å². The van der Waals surface area contributed by atoms with E-state index in [1.165, 1.54) is 54.6 Å². The zero-order chi connectivity index (χ0) is 32.8. The SMILES string of the molecule is CC1(c2ccc3c4ccccc4c4ccccc4c3c2)C=C(C2=CC(c3cc(-c4ccccc4)nc(-c4ccccc4)c3)CC=C2)C=CC1. The van der Waals surface area contributed by atoms with E-state index in [1.54, 1.807) is 0 Å². The van der Waals surface area contributed by atoms with Crippen LogP contribution in [0, 0.1) is 0 Å². The van der Waals surface area contributed by atoms with Crippen molar-refractivity contribution < 1.29 is 0 Å². The quantitative estimate of drug-likeness (QED) is 0.173. The normalized spacial score (nSPS) is 18.9. The minimum atomic E-state index is -0.121. The lowest BCUT2D eigenvalue weighted by Gasteiger charge is -2.31. The van der Waals surface area contributed by atoms with Gasteiger partial charge in [-0.05, 0) is 85.6 Å². The maximum Gasteiger partial charge on any atom is 0.0712 e. The zero-order valence-corrected chi connectivity index (χ0v) is 27.7. The summed E-state index contributed by atoms with van der Waals surface area (Å²) in [5.74, 6) is 0.260. The molecule has 0 N–H and O–H groups in total. The highest BCUT2D eigenvalue weighted by Crippen LogP contribution is 2.42. The first-order chi connectivity index (χ1) is 24.1. The molecule has 1 heterocycles. The molecule has 0 saturated carbocycles. The molecule has 2 atom stereocenters. The summed E-state index contributed by atoms with van der Waals surface area (Å²) in [5.41, 5.74) is 9.42. The molecule has 1 nitrogen and oxygen atoms in total. The summed E-state index contributed by atoms with van der Waals surface area (Å²) in [5, 5.41) is 7.92. The van der Waals surface area contributed by atoms with Crippen LogP contribution in [0.1, 0.15) is 36.8 Å². The summed E-state index contributed by atoms with van der Waals surface area (Å²) < 4.78 is 0. The molecule has 0 aliphatic heterocycles. The second-order valence-electron chi connectivity index (χ2n) is 13.7. The molecule has 49 heavy (non-hydrogen) atoms. The molecule has 0 radical (unpaired) electrons. The van der Waals surface area contributed by atoms with Crippen molar-refractivity contribution in [1.29, 1.82) is 0 Å². The Morgan fingerprint density at radius 1 is 0.531 bits per heavy atom. The van der Waals surface area contributed by atoms with Crippen LogP contribution < -0.4 is 0 Å². The van der Waals surface area contributed by atoms with Crippen molar-refractivity contribution >= 4 is 32.3 Å². The minimum Gasteiger partial charge on any atom is -0.248 e. The third kappa shape index (κ3) is 5.32. The molecule has 9 rings (SSSR count). The van der Waals surface area contributed by atoms with Crippen molar-refractivity contribution in [2.45, 2.75) is 31.1 Å². The second-order valence-corrected chi connectivity index (χ2v) is 13.7. The predicted molar refractivity (Wildman–Crippen MR) is 208 cm³/mol. The Kier molecular flexibility index (Phi) is 7.20. The molecule has 7 aromatic rings. The van der Waals surface area contributed by atoms with Crippen LogP contribution in [0.5, 0.6) is 0 Å². The molecular formula is C48H37N. The van der Waals surface area contributed by atoms with Gasteiger partial charge in [0, 0.05) is 22.5 Å². The van der Waals surface area contributed by atoms with E-state index in [0.29, 0.717) is 0 Å². The maximum absolute atomic E-state index is 5.13. The Balaban J connectivity index is 1.11. The average molecular weight is 628 g/mol. The van der Waals surface area contributed by atoms with Gasteiger partial charge in [-0.3, -0.25) is 0 Å². The number of rotatable bonds is 5. The highest BCUT2D eigenvalue weighted by Gasteiger charge is 2.28. The number of pyridine rings is 1. The first-order valence-corrected chi connectivity index (χ1v) is 17.4. The summed E-state index contributed by atoms with van der Waals surface area (Å²) in [7, 11) is 0.